The number of hydrogen-bond acceptors (Lipinski definition) is 2. The zero-order valence-corrected chi connectivity index (χ0v) is 8.58. The largest absolute Gasteiger partial charge is 0.323 e. The summed E-state index contributed by atoms with van der Waals surface area (Å²) < 4.78 is 0. The summed E-state index contributed by atoms with van der Waals surface area (Å²) in [7, 11) is 0. The van der Waals surface area contributed by atoms with Gasteiger partial charge in [0, 0.05) is 6.04 Å². The van der Waals surface area contributed by atoms with Gasteiger partial charge in [0.1, 0.15) is 0 Å². The summed E-state index contributed by atoms with van der Waals surface area (Å²) in [5.41, 5.74) is 0. The van der Waals surface area contributed by atoms with Crippen molar-refractivity contribution >= 4 is 5.91 Å². The van der Waals surface area contributed by atoms with E-state index in [2.05, 4.69) is 19.2 Å². The molecule has 3 nitrogen and oxygen atoms in total. The standard InChI is InChI=1S/C10H18N2O/c1-4-8-5-9(8)12-7(3)11-6(2)10(12)13/h6-9,11H,4-5H2,1-3H3. The fourth-order valence-electron chi connectivity index (χ4n) is 2.39. The maximum absolute atomic E-state index is 11.7. The van der Waals surface area contributed by atoms with Crippen molar-refractivity contribution in [2.24, 2.45) is 5.92 Å². The van der Waals surface area contributed by atoms with Crippen LogP contribution in [0.1, 0.15) is 33.6 Å². The van der Waals surface area contributed by atoms with Gasteiger partial charge in [-0.05, 0) is 26.2 Å². The Balaban J connectivity index is 2.03. The van der Waals surface area contributed by atoms with Gasteiger partial charge in [0.2, 0.25) is 5.91 Å². The minimum atomic E-state index is 0.0214. The van der Waals surface area contributed by atoms with Crippen LogP contribution in [0, 0.1) is 5.92 Å². The van der Waals surface area contributed by atoms with Crippen LogP contribution in [-0.2, 0) is 4.79 Å². The van der Waals surface area contributed by atoms with Gasteiger partial charge in [0.25, 0.3) is 0 Å². The first-order valence-electron chi connectivity index (χ1n) is 5.23. The lowest BCUT2D eigenvalue weighted by molar-refractivity contribution is -0.130. The van der Waals surface area contributed by atoms with Crippen molar-refractivity contribution < 1.29 is 4.79 Å². The molecule has 2 fully saturated rings. The summed E-state index contributed by atoms with van der Waals surface area (Å²) in [6, 6.07) is 0.554. The molecule has 4 atom stereocenters. The Labute approximate surface area is 79.5 Å². The molecule has 2 aliphatic rings. The van der Waals surface area contributed by atoms with E-state index in [0.29, 0.717) is 6.04 Å². The number of nitrogens with zero attached hydrogens (tertiary/aromatic N) is 1. The van der Waals surface area contributed by atoms with E-state index >= 15 is 0 Å². The average Bonchev–Trinajstić information content (AvgIpc) is 2.79. The highest BCUT2D eigenvalue weighted by atomic mass is 16.2. The second kappa shape index (κ2) is 2.98. The molecule has 1 saturated heterocycles. The summed E-state index contributed by atoms with van der Waals surface area (Å²) in [4.78, 5) is 13.8. The molecule has 1 amide bonds. The first-order valence-corrected chi connectivity index (χ1v) is 5.23. The van der Waals surface area contributed by atoms with Crippen LogP contribution in [0.4, 0.5) is 0 Å². The first kappa shape index (κ1) is 9.00. The van der Waals surface area contributed by atoms with E-state index in [9.17, 15) is 4.79 Å². The molecule has 0 aromatic heterocycles. The Morgan fingerprint density at radius 2 is 2.23 bits per heavy atom. The highest BCUT2D eigenvalue weighted by molar-refractivity contribution is 5.84. The monoisotopic (exact) mass is 182 g/mol. The van der Waals surface area contributed by atoms with Gasteiger partial charge < -0.3 is 4.90 Å². The Bertz CT molecular complexity index is 229. The maximum atomic E-state index is 11.7. The van der Waals surface area contributed by atoms with Crippen LogP contribution in [0.5, 0.6) is 0 Å². The van der Waals surface area contributed by atoms with Crippen LogP contribution in [0.3, 0.4) is 0 Å². The van der Waals surface area contributed by atoms with E-state index < -0.39 is 0 Å². The zero-order valence-electron chi connectivity index (χ0n) is 8.58. The predicted molar refractivity (Wildman–Crippen MR) is 51.1 cm³/mol. The van der Waals surface area contributed by atoms with E-state index in [-0.39, 0.29) is 18.1 Å². The Morgan fingerprint density at radius 3 is 2.62 bits per heavy atom. The van der Waals surface area contributed by atoms with Crippen LogP contribution in [0.25, 0.3) is 0 Å². The van der Waals surface area contributed by atoms with Crippen LogP contribution in [0.15, 0.2) is 0 Å². The highest BCUT2D eigenvalue weighted by Crippen LogP contribution is 2.40. The number of nitrogens with one attached hydrogen (secondary N) is 1. The fraction of sp³-hybridized carbons (Fsp3) is 0.900. The molecule has 2 rings (SSSR count). The van der Waals surface area contributed by atoms with Crippen molar-refractivity contribution in [1.82, 2.24) is 10.2 Å². The predicted octanol–water partition coefficient (Wildman–Crippen LogP) is 0.951. The Morgan fingerprint density at radius 1 is 1.54 bits per heavy atom. The molecular weight excluding hydrogens is 164 g/mol. The average molecular weight is 182 g/mol. The van der Waals surface area contributed by atoms with Gasteiger partial charge in [-0.15, -0.1) is 0 Å². The van der Waals surface area contributed by atoms with Crippen LogP contribution in [0.2, 0.25) is 0 Å². The SMILES string of the molecule is CCC1CC1N1C(=O)C(C)NC1C. The van der Waals surface area contributed by atoms with Crippen molar-refractivity contribution in [1.29, 1.82) is 0 Å². The zero-order chi connectivity index (χ0) is 9.59. The molecular formula is C10H18N2O. The normalized spacial score (nSPS) is 44.2. The summed E-state index contributed by atoms with van der Waals surface area (Å²) >= 11 is 0. The van der Waals surface area contributed by atoms with E-state index in [1.165, 1.54) is 12.8 Å². The molecule has 0 radical (unpaired) electrons. The lowest BCUT2D eigenvalue weighted by atomic mass is 10.3. The van der Waals surface area contributed by atoms with Gasteiger partial charge in [0.15, 0.2) is 0 Å². The smallest absolute Gasteiger partial charge is 0.240 e. The molecule has 0 aromatic carbocycles. The third kappa shape index (κ3) is 1.35. The molecule has 0 bridgehead atoms. The van der Waals surface area contributed by atoms with Crippen molar-refractivity contribution in [2.75, 3.05) is 0 Å². The second-order valence-corrected chi connectivity index (χ2v) is 4.28. The van der Waals surface area contributed by atoms with E-state index in [4.69, 9.17) is 0 Å². The molecule has 3 heteroatoms. The van der Waals surface area contributed by atoms with Gasteiger partial charge in [-0.1, -0.05) is 13.3 Å². The van der Waals surface area contributed by atoms with E-state index in [0.717, 1.165) is 5.92 Å². The molecule has 1 aliphatic heterocycles. The van der Waals surface area contributed by atoms with Crippen molar-refractivity contribution in [2.45, 2.75) is 51.9 Å². The number of amides is 1. The number of carbonyl (C=O) groups is 1. The second-order valence-electron chi connectivity index (χ2n) is 4.28. The van der Waals surface area contributed by atoms with Gasteiger partial charge in [-0.3, -0.25) is 10.1 Å². The van der Waals surface area contributed by atoms with Gasteiger partial charge in [0.05, 0.1) is 12.2 Å². The molecule has 13 heavy (non-hydrogen) atoms. The maximum Gasteiger partial charge on any atom is 0.240 e. The molecule has 0 spiro atoms. The lowest BCUT2D eigenvalue weighted by Gasteiger charge is -2.20. The first-order chi connectivity index (χ1) is 6.15. The number of rotatable bonds is 2. The number of carbonyl (C=O) groups excluding carboxylic acids is 1. The highest BCUT2D eigenvalue weighted by Gasteiger charge is 2.48. The molecule has 1 heterocycles. The summed E-state index contributed by atoms with van der Waals surface area (Å²) in [6.45, 7) is 6.22. The van der Waals surface area contributed by atoms with Gasteiger partial charge in [-0.25, -0.2) is 0 Å². The minimum Gasteiger partial charge on any atom is -0.323 e. The summed E-state index contributed by atoms with van der Waals surface area (Å²) in [5, 5.41) is 3.26. The van der Waals surface area contributed by atoms with Crippen LogP contribution >= 0.6 is 0 Å². The van der Waals surface area contributed by atoms with Gasteiger partial charge >= 0.3 is 0 Å². The third-order valence-corrected chi connectivity index (χ3v) is 3.30. The molecule has 74 valence electrons. The topological polar surface area (TPSA) is 32.3 Å². The van der Waals surface area contributed by atoms with Crippen LogP contribution < -0.4 is 5.32 Å². The number of hydrogen-bond donors (Lipinski definition) is 1. The van der Waals surface area contributed by atoms with E-state index in [1.54, 1.807) is 0 Å². The molecule has 1 aliphatic carbocycles. The third-order valence-electron chi connectivity index (χ3n) is 3.30. The van der Waals surface area contributed by atoms with E-state index in [1.807, 2.05) is 11.8 Å². The Kier molecular flexibility index (Phi) is 2.06. The summed E-state index contributed by atoms with van der Waals surface area (Å²) in [5.74, 6) is 1.05. The molecule has 1 saturated carbocycles. The molecule has 1 N–H and O–H groups in total. The summed E-state index contributed by atoms with van der Waals surface area (Å²) in [6.07, 6.45) is 2.65. The van der Waals surface area contributed by atoms with Crippen LogP contribution in [-0.4, -0.2) is 29.1 Å². The van der Waals surface area contributed by atoms with Crippen molar-refractivity contribution in [3.8, 4) is 0 Å². The molecule has 0 aromatic rings. The molecule has 4 unspecified atom stereocenters. The van der Waals surface area contributed by atoms with Gasteiger partial charge in [-0.2, -0.15) is 0 Å². The Hall–Kier alpha value is -0.570. The fourth-order valence-corrected chi connectivity index (χ4v) is 2.39. The van der Waals surface area contributed by atoms with Crippen molar-refractivity contribution in [3.63, 3.8) is 0 Å². The lowest BCUT2D eigenvalue weighted by Crippen LogP contribution is -2.37. The minimum absolute atomic E-state index is 0.0214. The quantitative estimate of drug-likeness (QED) is 0.689. The van der Waals surface area contributed by atoms with Crippen molar-refractivity contribution in [3.05, 3.63) is 0 Å².